The highest BCUT2D eigenvalue weighted by atomic mass is 127. The van der Waals surface area contributed by atoms with Gasteiger partial charge in [0.25, 0.3) is 0 Å². The predicted molar refractivity (Wildman–Crippen MR) is 88.3 cm³/mol. The first-order chi connectivity index (χ1) is 10.2. The quantitative estimate of drug-likeness (QED) is 0.209. The number of rotatable bonds is 12. The van der Waals surface area contributed by atoms with E-state index in [0.717, 1.165) is 13.0 Å². The molecule has 0 aromatic carbocycles. The van der Waals surface area contributed by atoms with Crippen molar-refractivity contribution in [1.82, 2.24) is 0 Å². The van der Waals surface area contributed by atoms with Crippen LogP contribution in [0.3, 0.4) is 0 Å². The molecule has 0 aliphatic heterocycles. The molecule has 0 atom stereocenters. The number of pyridine rings is 1. The van der Waals surface area contributed by atoms with Crippen LogP contribution in [0.2, 0.25) is 0 Å². The molecule has 1 aromatic heterocycles. The summed E-state index contributed by atoms with van der Waals surface area (Å²) in [6.07, 6.45) is 17.2. The van der Waals surface area contributed by atoms with Crippen LogP contribution >= 0.6 is 0 Å². The van der Waals surface area contributed by atoms with Gasteiger partial charge in [-0.05, 0) is 6.42 Å². The number of nitrogens with zero attached hydrogens (tertiary/aromatic N) is 1. The Kier molecular flexibility index (Phi) is 14.4. The molecule has 0 saturated carbocycles. The summed E-state index contributed by atoms with van der Waals surface area (Å²) < 4.78 is 2.04. The van der Waals surface area contributed by atoms with Gasteiger partial charge >= 0.3 is 7.12 Å². The van der Waals surface area contributed by atoms with Crippen LogP contribution in [0, 0.1) is 0 Å². The van der Waals surface area contributed by atoms with E-state index in [0.29, 0.717) is 5.46 Å². The summed E-state index contributed by atoms with van der Waals surface area (Å²) in [5, 5.41) is 18.3. The SMILES string of the molecule is CCCCCCCCCCCC[n+]1cccc(B(O)O)c1.[I-]. The van der Waals surface area contributed by atoms with Gasteiger partial charge in [-0.25, -0.2) is 4.57 Å². The second-order valence-corrected chi connectivity index (χ2v) is 5.93. The Labute approximate surface area is 153 Å². The number of hydrogen-bond donors (Lipinski definition) is 2. The van der Waals surface area contributed by atoms with Crippen LogP contribution in [0.4, 0.5) is 0 Å². The second kappa shape index (κ2) is 14.5. The largest absolute Gasteiger partial charge is 1.00 e. The lowest BCUT2D eigenvalue weighted by atomic mass is 9.82. The van der Waals surface area contributed by atoms with Gasteiger partial charge in [-0.1, -0.05) is 64.4 Å². The van der Waals surface area contributed by atoms with Crippen LogP contribution < -0.4 is 34.0 Å². The van der Waals surface area contributed by atoms with Gasteiger partial charge in [0, 0.05) is 17.9 Å². The molecular weight excluding hydrogens is 388 g/mol. The Bertz CT molecular complexity index is 377. The summed E-state index contributed by atoms with van der Waals surface area (Å²) in [4.78, 5) is 0. The van der Waals surface area contributed by atoms with E-state index in [1.54, 1.807) is 6.07 Å². The number of aromatic nitrogens is 1. The van der Waals surface area contributed by atoms with Crippen LogP contribution in [0.15, 0.2) is 24.5 Å². The van der Waals surface area contributed by atoms with Crippen molar-refractivity contribution in [2.24, 2.45) is 0 Å². The number of aryl methyl sites for hydroxylation is 1. The van der Waals surface area contributed by atoms with Crippen molar-refractivity contribution in [3.8, 4) is 0 Å². The molecule has 0 unspecified atom stereocenters. The van der Waals surface area contributed by atoms with Gasteiger partial charge in [-0.3, -0.25) is 0 Å². The maximum atomic E-state index is 9.14. The standard InChI is InChI=1S/C17H31BNO2.HI/c1-2-3-4-5-6-7-8-9-10-11-14-19-15-12-13-17(16-19)18(20)21;/h12-13,15-16,20-21H,2-11,14H2,1H3;1H/q+1;/p-1. The van der Waals surface area contributed by atoms with Crippen LogP contribution in [0.1, 0.15) is 71.1 Å². The topological polar surface area (TPSA) is 44.3 Å². The summed E-state index contributed by atoms with van der Waals surface area (Å²) in [5.41, 5.74) is 0.560. The van der Waals surface area contributed by atoms with Crippen LogP contribution in [-0.4, -0.2) is 17.2 Å². The zero-order valence-corrected chi connectivity index (χ0v) is 16.0. The smallest absolute Gasteiger partial charge is 0.494 e. The third-order valence-corrected chi connectivity index (χ3v) is 3.95. The molecule has 1 aromatic rings. The van der Waals surface area contributed by atoms with E-state index in [2.05, 4.69) is 6.92 Å². The van der Waals surface area contributed by atoms with Crippen LogP contribution in [0.25, 0.3) is 0 Å². The van der Waals surface area contributed by atoms with Crippen molar-refractivity contribution in [3.63, 3.8) is 0 Å². The van der Waals surface area contributed by atoms with Crippen molar-refractivity contribution < 1.29 is 38.6 Å². The molecule has 0 aliphatic rings. The Balaban J connectivity index is 0.00000441. The maximum Gasteiger partial charge on any atom is 0.494 e. The van der Waals surface area contributed by atoms with Gasteiger partial charge in [0.05, 0.1) is 0 Å². The molecule has 0 spiro atoms. The number of hydrogen-bond acceptors (Lipinski definition) is 2. The molecule has 5 heteroatoms. The summed E-state index contributed by atoms with van der Waals surface area (Å²) in [7, 11) is -1.37. The highest BCUT2D eigenvalue weighted by molar-refractivity contribution is 6.58. The fraction of sp³-hybridized carbons (Fsp3) is 0.706. The normalized spacial score (nSPS) is 10.3. The minimum absolute atomic E-state index is 0. The third-order valence-electron chi connectivity index (χ3n) is 3.95. The van der Waals surface area contributed by atoms with Crippen LogP contribution in [0.5, 0.6) is 0 Å². The van der Waals surface area contributed by atoms with E-state index in [-0.39, 0.29) is 24.0 Å². The molecule has 2 N–H and O–H groups in total. The van der Waals surface area contributed by atoms with E-state index in [1.807, 2.05) is 23.0 Å². The zero-order valence-electron chi connectivity index (χ0n) is 13.9. The molecule has 126 valence electrons. The first-order valence-corrected chi connectivity index (χ1v) is 8.59. The van der Waals surface area contributed by atoms with Crippen LogP contribution in [-0.2, 0) is 6.54 Å². The van der Waals surface area contributed by atoms with E-state index in [1.165, 1.54) is 57.8 Å². The van der Waals surface area contributed by atoms with Crippen molar-refractivity contribution in [2.75, 3.05) is 0 Å². The van der Waals surface area contributed by atoms with E-state index in [9.17, 15) is 0 Å². The van der Waals surface area contributed by atoms with Gasteiger partial charge in [0.1, 0.15) is 6.54 Å². The molecule has 0 bridgehead atoms. The number of halogens is 1. The van der Waals surface area contributed by atoms with Crippen molar-refractivity contribution in [3.05, 3.63) is 24.5 Å². The molecule has 22 heavy (non-hydrogen) atoms. The zero-order chi connectivity index (χ0) is 15.3. The van der Waals surface area contributed by atoms with Gasteiger partial charge in [-0.15, -0.1) is 0 Å². The third kappa shape index (κ3) is 10.6. The number of unbranched alkanes of at least 4 members (excludes halogenated alkanes) is 9. The molecular formula is C17H31BINO2. The lowest BCUT2D eigenvalue weighted by Gasteiger charge is -2.02. The molecule has 0 aliphatic carbocycles. The summed E-state index contributed by atoms with van der Waals surface area (Å²) in [5.74, 6) is 0. The van der Waals surface area contributed by atoms with E-state index in [4.69, 9.17) is 10.0 Å². The van der Waals surface area contributed by atoms with E-state index < -0.39 is 7.12 Å². The highest BCUT2D eigenvalue weighted by Crippen LogP contribution is 2.10. The molecule has 3 nitrogen and oxygen atoms in total. The minimum atomic E-state index is -1.37. The van der Waals surface area contributed by atoms with Crippen molar-refractivity contribution in [1.29, 1.82) is 0 Å². The Morgan fingerprint density at radius 2 is 1.45 bits per heavy atom. The lowest BCUT2D eigenvalue weighted by Crippen LogP contribution is -3.00. The van der Waals surface area contributed by atoms with Gasteiger partial charge in [0.2, 0.25) is 0 Å². The molecule has 0 saturated heterocycles. The average Bonchev–Trinajstić information content (AvgIpc) is 2.49. The Morgan fingerprint density at radius 1 is 0.909 bits per heavy atom. The van der Waals surface area contributed by atoms with E-state index >= 15 is 0 Å². The van der Waals surface area contributed by atoms with Crippen molar-refractivity contribution in [2.45, 2.75) is 77.7 Å². The molecule has 0 radical (unpaired) electrons. The molecule has 0 amide bonds. The molecule has 0 fully saturated rings. The first kappa shape index (κ1) is 21.9. The lowest BCUT2D eigenvalue weighted by molar-refractivity contribution is -0.696. The second-order valence-electron chi connectivity index (χ2n) is 5.93. The van der Waals surface area contributed by atoms with Gasteiger partial charge in [0.15, 0.2) is 12.4 Å². The first-order valence-electron chi connectivity index (χ1n) is 8.59. The average molecular weight is 419 g/mol. The van der Waals surface area contributed by atoms with Gasteiger partial charge < -0.3 is 34.0 Å². The summed E-state index contributed by atoms with van der Waals surface area (Å²) in [6.45, 7) is 3.21. The fourth-order valence-corrected chi connectivity index (χ4v) is 2.62. The summed E-state index contributed by atoms with van der Waals surface area (Å²) >= 11 is 0. The maximum absolute atomic E-state index is 9.14. The highest BCUT2D eigenvalue weighted by Gasteiger charge is 2.14. The Morgan fingerprint density at radius 3 is 2.00 bits per heavy atom. The summed E-state index contributed by atoms with van der Waals surface area (Å²) in [6, 6.07) is 3.60. The predicted octanol–water partition coefficient (Wildman–Crippen LogP) is -0.421. The Hall–Kier alpha value is -0.135. The molecule has 1 heterocycles. The van der Waals surface area contributed by atoms with Gasteiger partial charge in [-0.2, -0.15) is 0 Å². The molecule has 1 rings (SSSR count). The fourth-order valence-electron chi connectivity index (χ4n) is 2.62. The monoisotopic (exact) mass is 419 g/mol. The minimum Gasteiger partial charge on any atom is -1.00 e. The van der Waals surface area contributed by atoms with Crippen molar-refractivity contribution >= 4 is 12.6 Å².